The zero-order chi connectivity index (χ0) is 14.0. The Labute approximate surface area is 119 Å². The van der Waals surface area contributed by atoms with E-state index in [0.29, 0.717) is 34.8 Å². The lowest BCUT2D eigenvalue weighted by molar-refractivity contribution is 0.404. The van der Waals surface area contributed by atoms with E-state index in [-0.39, 0.29) is 5.75 Å². The Kier molecular flexibility index (Phi) is 4.43. The van der Waals surface area contributed by atoms with Gasteiger partial charge in [0, 0.05) is 29.3 Å². The third-order valence-corrected chi connectivity index (χ3v) is 6.16. The number of nitrogens with two attached hydrogens (primary N) is 1. The molecule has 0 amide bonds. The summed E-state index contributed by atoms with van der Waals surface area (Å²) in [6, 6.07) is 7.15. The Morgan fingerprint density at radius 2 is 1.84 bits per heavy atom. The highest BCUT2D eigenvalue weighted by Crippen LogP contribution is 2.28. The predicted octanol–water partition coefficient (Wildman–Crippen LogP) is 1.92. The number of nitrogens with zero attached hydrogens (tertiary/aromatic N) is 1. The average Bonchev–Trinajstić information content (AvgIpc) is 2.31. The van der Waals surface area contributed by atoms with Gasteiger partial charge in [-0.15, -0.1) is 0 Å². The molecule has 1 aliphatic rings. The first-order chi connectivity index (χ1) is 8.88. The van der Waals surface area contributed by atoms with E-state index in [2.05, 4.69) is 13.8 Å². The Balaban J connectivity index is 2.16. The van der Waals surface area contributed by atoms with Crippen molar-refractivity contribution in [1.29, 1.82) is 0 Å². The van der Waals surface area contributed by atoms with E-state index in [1.54, 1.807) is 16.4 Å². The second-order valence-corrected chi connectivity index (χ2v) is 8.88. The van der Waals surface area contributed by atoms with E-state index in [0.717, 1.165) is 0 Å². The molecule has 2 unspecified atom stereocenters. The van der Waals surface area contributed by atoms with Crippen LogP contribution in [0.5, 0.6) is 0 Å². The van der Waals surface area contributed by atoms with E-state index in [4.69, 9.17) is 5.73 Å². The first-order valence-electron chi connectivity index (χ1n) is 6.35. The molecule has 0 saturated carbocycles. The minimum absolute atomic E-state index is 0.0101. The summed E-state index contributed by atoms with van der Waals surface area (Å²) < 4.78 is 26.5. The molecule has 19 heavy (non-hydrogen) atoms. The van der Waals surface area contributed by atoms with Gasteiger partial charge in [-0.25, -0.2) is 8.42 Å². The number of nitrogen functional groups attached to an aromatic ring is 1. The van der Waals surface area contributed by atoms with Crippen LogP contribution in [0.1, 0.15) is 19.4 Å². The maximum Gasteiger partial charge on any atom is 0.218 e. The van der Waals surface area contributed by atoms with Crippen LogP contribution in [-0.2, 0) is 15.8 Å². The minimum atomic E-state index is -3.28. The molecule has 0 aliphatic carbocycles. The van der Waals surface area contributed by atoms with E-state index in [9.17, 15) is 8.42 Å². The number of hydrogen-bond donors (Lipinski definition) is 1. The lowest BCUT2D eigenvalue weighted by atomic mass is 10.2. The van der Waals surface area contributed by atoms with E-state index < -0.39 is 10.0 Å². The van der Waals surface area contributed by atoms with Crippen molar-refractivity contribution in [2.45, 2.75) is 30.1 Å². The number of anilines is 1. The lowest BCUT2D eigenvalue weighted by Crippen LogP contribution is -2.44. The fourth-order valence-corrected chi connectivity index (χ4v) is 5.57. The van der Waals surface area contributed by atoms with Crippen LogP contribution >= 0.6 is 11.8 Å². The zero-order valence-electron chi connectivity index (χ0n) is 11.2. The fourth-order valence-electron chi connectivity index (χ4n) is 2.31. The summed E-state index contributed by atoms with van der Waals surface area (Å²) in [4.78, 5) is 0. The number of para-hydroxylation sites is 1. The quantitative estimate of drug-likeness (QED) is 0.866. The molecule has 4 nitrogen and oxygen atoms in total. The van der Waals surface area contributed by atoms with E-state index in [1.165, 1.54) is 0 Å². The maximum absolute atomic E-state index is 12.5. The Morgan fingerprint density at radius 3 is 2.42 bits per heavy atom. The van der Waals surface area contributed by atoms with E-state index >= 15 is 0 Å². The topological polar surface area (TPSA) is 63.4 Å². The van der Waals surface area contributed by atoms with Crippen LogP contribution in [0, 0.1) is 0 Å². The summed E-state index contributed by atoms with van der Waals surface area (Å²) >= 11 is 1.84. The molecule has 1 heterocycles. The van der Waals surface area contributed by atoms with Gasteiger partial charge < -0.3 is 5.73 Å². The molecule has 1 saturated heterocycles. The zero-order valence-corrected chi connectivity index (χ0v) is 12.9. The molecule has 0 spiro atoms. The number of benzene rings is 1. The van der Waals surface area contributed by atoms with Crippen molar-refractivity contribution in [3.8, 4) is 0 Å². The molecule has 2 atom stereocenters. The lowest BCUT2D eigenvalue weighted by Gasteiger charge is -2.33. The first kappa shape index (κ1) is 14.7. The molecule has 2 N–H and O–H groups in total. The Hall–Kier alpha value is -0.720. The SMILES string of the molecule is CC1CN(S(=O)(=O)Cc2ccccc2N)CC(C)S1. The summed E-state index contributed by atoms with van der Waals surface area (Å²) in [5.41, 5.74) is 7.05. The third-order valence-electron chi connectivity index (χ3n) is 3.17. The van der Waals surface area contributed by atoms with Crippen LogP contribution in [0.3, 0.4) is 0 Å². The van der Waals surface area contributed by atoms with Crippen LogP contribution in [0.2, 0.25) is 0 Å². The van der Waals surface area contributed by atoms with Crippen molar-refractivity contribution in [2.24, 2.45) is 0 Å². The molecule has 0 radical (unpaired) electrons. The summed E-state index contributed by atoms with van der Waals surface area (Å²) in [5, 5.41) is 0.679. The average molecular weight is 300 g/mol. The van der Waals surface area contributed by atoms with E-state index in [1.807, 2.05) is 23.9 Å². The van der Waals surface area contributed by atoms with Gasteiger partial charge in [-0.3, -0.25) is 0 Å². The number of rotatable bonds is 3. The Morgan fingerprint density at radius 1 is 1.26 bits per heavy atom. The molecule has 1 fully saturated rings. The van der Waals surface area contributed by atoms with Crippen molar-refractivity contribution in [1.82, 2.24) is 4.31 Å². The smallest absolute Gasteiger partial charge is 0.218 e. The van der Waals surface area contributed by atoms with Crippen LogP contribution in [0.25, 0.3) is 0 Å². The van der Waals surface area contributed by atoms with Gasteiger partial charge in [-0.2, -0.15) is 16.1 Å². The largest absolute Gasteiger partial charge is 0.398 e. The highest BCUT2D eigenvalue weighted by atomic mass is 32.2. The van der Waals surface area contributed by atoms with Gasteiger partial charge in [-0.1, -0.05) is 32.0 Å². The van der Waals surface area contributed by atoms with Crippen molar-refractivity contribution < 1.29 is 8.42 Å². The molecule has 1 aromatic carbocycles. The molecule has 6 heteroatoms. The summed E-state index contributed by atoms with van der Waals surface area (Å²) in [7, 11) is -3.28. The van der Waals surface area contributed by atoms with Gasteiger partial charge in [0.1, 0.15) is 0 Å². The third kappa shape index (κ3) is 3.64. The number of hydrogen-bond acceptors (Lipinski definition) is 4. The van der Waals surface area contributed by atoms with Crippen molar-refractivity contribution in [3.63, 3.8) is 0 Å². The van der Waals surface area contributed by atoms with Crippen LogP contribution < -0.4 is 5.73 Å². The molecule has 1 aliphatic heterocycles. The molecule has 1 aromatic rings. The van der Waals surface area contributed by atoms with Crippen LogP contribution in [0.15, 0.2) is 24.3 Å². The van der Waals surface area contributed by atoms with Crippen molar-refractivity contribution in [2.75, 3.05) is 18.8 Å². The molecule has 0 aromatic heterocycles. The fraction of sp³-hybridized carbons (Fsp3) is 0.538. The van der Waals surface area contributed by atoms with Crippen LogP contribution in [0.4, 0.5) is 5.69 Å². The molecule has 0 bridgehead atoms. The van der Waals surface area contributed by atoms with Gasteiger partial charge in [0.15, 0.2) is 0 Å². The number of sulfonamides is 1. The van der Waals surface area contributed by atoms with Gasteiger partial charge >= 0.3 is 0 Å². The molecular formula is C13H20N2O2S2. The first-order valence-corrected chi connectivity index (χ1v) is 8.90. The van der Waals surface area contributed by atoms with Gasteiger partial charge in [0.2, 0.25) is 10.0 Å². The highest BCUT2D eigenvalue weighted by molar-refractivity contribution is 8.00. The van der Waals surface area contributed by atoms with Crippen molar-refractivity contribution >= 4 is 27.5 Å². The molecule has 106 valence electrons. The molecular weight excluding hydrogens is 280 g/mol. The van der Waals surface area contributed by atoms with Gasteiger partial charge in [-0.05, 0) is 11.6 Å². The minimum Gasteiger partial charge on any atom is -0.398 e. The Bertz CT molecular complexity index is 535. The second kappa shape index (κ2) is 5.73. The predicted molar refractivity (Wildman–Crippen MR) is 81.6 cm³/mol. The summed E-state index contributed by atoms with van der Waals surface area (Å²) in [6.07, 6.45) is 0. The second-order valence-electron chi connectivity index (χ2n) is 5.03. The standard InChI is InChI=1S/C13H20N2O2S2/c1-10-7-15(8-11(2)18-10)19(16,17)9-12-5-3-4-6-13(12)14/h3-6,10-11H,7-9,14H2,1-2H3. The van der Waals surface area contributed by atoms with Gasteiger partial charge in [0.25, 0.3) is 0 Å². The maximum atomic E-state index is 12.5. The summed E-state index contributed by atoms with van der Waals surface area (Å²) in [6.45, 7) is 5.31. The molecule has 2 rings (SSSR count). The number of thioether (sulfide) groups is 1. The van der Waals surface area contributed by atoms with Gasteiger partial charge in [0.05, 0.1) is 5.75 Å². The monoisotopic (exact) mass is 300 g/mol. The summed E-state index contributed by atoms with van der Waals surface area (Å²) in [5.74, 6) is -0.0101. The highest BCUT2D eigenvalue weighted by Gasteiger charge is 2.31. The normalized spacial score (nSPS) is 25.4. The van der Waals surface area contributed by atoms with Crippen LogP contribution in [-0.4, -0.2) is 36.3 Å². The van der Waals surface area contributed by atoms with Crippen molar-refractivity contribution in [3.05, 3.63) is 29.8 Å².